The summed E-state index contributed by atoms with van der Waals surface area (Å²) in [4.78, 5) is 12.8. The van der Waals surface area contributed by atoms with Crippen LogP contribution >= 0.6 is 23.2 Å². The third-order valence-corrected chi connectivity index (χ3v) is 9.95. The SMILES string of the molecule is O=C1NC=CN(S(=O)(=O)c2ccc(Cl)c(Cl)c2)[C@@H]1Cc1cn([C@@H]2CCCc3cc4c(cc32)CCNC4)nn1. The topological polar surface area (TPSA) is 109 Å². The summed E-state index contributed by atoms with van der Waals surface area (Å²) in [5, 5.41) is 15.2. The smallest absolute Gasteiger partial charge is 0.264 e. The van der Waals surface area contributed by atoms with Crippen LogP contribution in [-0.2, 0) is 40.6 Å². The number of sulfonamides is 1. The summed E-state index contributed by atoms with van der Waals surface area (Å²) in [6.45, 7) is 1.88. The van der Waals surface area contributed by atoms with Crippen molar-refractivity contribution < 1.29 is 13.2 Å². The van der Waals surface area contributed by atoms with Gasteiger partial charge in [0.05, 0.1) is 26.7 Å². The summed E-state index contributed by atoms with van der Waals surface area (Å²) in [6, 6.07) is 7.72. The zero-order chi connectivity index (χ0) is 26.4. The largest absolute Gasteiger partial charge is 0.329 e. The fourth-order valence-electron chi connectivity index (χ4n) is 5.50. The Morgan fingerprint density at radius 1 is 1.05 bits per heavy atom. The Kier molecular flexibility index (Phi) is 6.67. The number of hydrogen-bond donors (Lipinski definition) is 2. The number of rotatable bonds is 5. The third kappa shape index (κ3) is 4.59. The van der Waals surface area contributed by atoms with Crippen LogP contribution in [0, 0.1) is 0 Å². The first kappa shape index (κ1) is 25.4. The summed E-state index contributed by atoms with van der Waals surface area (Å²) in [5.41, 5.74) is 5.90. The number of carbonyl (C=O) groups is 1. The molecule has 3 aromatic rings. The molecule has 0 bridgehead atoms. The van der Waals surface area contributed by atoms with E-state index in [1.165, 1.54) is 52.9 Å². The Balaban J connectivity index is 1.28. The van der Waals surface area contributed by atoms with Gasteiger partial charge in [-0.25, -0.2) is 13.1 Å². The Morgan fingerprint density at radius 3 is 2.76 bits per heavy atom. The van der Waals surface area contributed by atoms with Gasteiger partial charge in [0.15, 0.2) is 0 Å². The first-order chi connectivity index (χ1) is 18.3. The second-order valence-corrected chi connectivity index (χ2v) is 12.5. The fourth-order valence-corrected chi connectivity index (χ4v) is 7.34. The van der Waals surface area contributed by atoms with Gasteiger partial charge in [-0.15, -0.1) is 5.10 Å². The Labute approximate surface area is 230 Å². The van der Waals surface area contributed by atoms with Gasteiger partial charge in [0.1, 0.15) is 6.04 Å². The molecule has 12 heteroatoms. The maximum atomic E-state index is 13.5. The molecule has 38 heavy (non-hydrogen) atoms. The quantitative estimate of drug-likeness (QED) is 0.485. The predicted octanol–water partition coefficient (Wildman–Crippen LogP) is 3.36. The lowest BCUT2D eigenvalue weighted by molar-refractivity contribution is -0.124. The highest BCUT2D eigenvalue weighted by atomic mass is 35.5. The van der Waals surface area contributed by atoms with E-state index in [9.17, 15) is 13.2 Å². The zero-order valence-electron chi connectivity index (χ0n) is 20.4. The van der Waals surface area contributed by atoms with Gasteiger partial charge >= 0.3 is 0 Å². The molecule has 3 heterocycles. The van der Waals surface area contributed by atoms with Gasteiger partial charge in [0.25, 0.3) is 10.0 Å². The average Bonchev–Trinajstić information content (AvgIpc) is 3.38. The first-order valence-electron chi connectivity index (χ1n) is 12.5. The molecule has 2 aliphatic heterocycles. The number of aryl methyl sites for hydroxylation is 1. The van der Waals surface area contributed by atoms with Crippen molar-refractivity contribution in [3.05, 3.63) is 86.9 Å². The molecule has 0 saturated heterocycles. The van der Waals surface area contributed by atoms with Gasteiger partial charge in [-0.3, -0.25) is 9.10 Å². The zero-order valence-corrected chi connectivity index (χ0v) is 22.7. The summed E-state index contributed by atoms with van der Waals surface area (Å²) >= 11 is 12.0. The van der Waals surface area contributed by atoms with Crippen LogP contribution < -0.4 is 10.6 Å². The van der Waals surface area contributed by atoms with Crippen molar-refractivity contribution in [2.45, 2.75) is 55.6 Å². The summed E-state index contributed by atoms with van der Waals surface area (Å²) in [6.07, 6.45) is 8.57. The molecule has 6 rings (SSSR count). The molecular weight excluding hydrogens is 547 g/mol. The van der Waals surface area contributed by atoms with E-state index < -0.39 is 22.0 Å². The molecule has 2 aromatic carbocycles. The van der Waals surface area contributed by atoms with Crippen LogP contribution in [0.15, 0.2) is 53.8 Å². The number of halogens is 2. The van der Waals surface area contributed by atoms with Gasteiger partial charge in [-0.2, -0.15) is 0 Å². The standard InChI is InChI=1S/C26H26Cl2N6O3S/c27-22-5-4-20(13-23(22)28)38(36,37)34-9-8-30-26(35)25(34)12-19-15-33(32-31-19)24-3-1-2-17-10-18-14-29-7-6-16(18)11-21(17)24/h4-5,8-11,13,15,24-25,29H,1-3,6-7,12,14H2,(H,30,35)/t24-,25-/m1/s1. The molecule has 1 aliphatic carbocycles. The molecule has 1 aromatic heterocycles. The number of fused-ring (bicyclic) bond motifs is 2. The van der Waals surface area contributed by atoms with Crippen LogP contribution in [0.25, 0.3) is 0 Å². The maximum Gasteiger partial charge on any atom is 0.264 e. The van der Waals surface area contributed by atoms with E-state index in [1.807, 2.05) is 10.9 Å². The second kappa shape index (κ2) is 10.00. The number of carbonyl (C=O) groups excluding carboxylic acids is 1. The lowest BCUT2D eigenvalue weighted by atomic mass is 9.83. The molecular formula is C26H26Cl2N6O3S. The lowest BCUT2D eigenvalue weighted by Crippen LogP contribution is -2.50. The predicted molar refractivity (Wildman–Crippen MR) is 143 cm³/mol. The van der Waals surface area contributed by atoms with Crippen molar-refractivity contribution in [2.75, 3.05) is 6.54 Å². The molecule has 1 amide bonds. The molecule has 2 N–H and O–H groups in total. The van der Waals surface area contributed by atoms with Gasteiger partial charge in [-0.1, -0.05) is 40.5 Å². The van der Waals surface area contributed by atoms with Crippen molar-refractivity contribution in [1.82, 2.24) is 29.9 Å². The highest BCUT2D eigenvalue weighted by molar-refractivity contribution is 7.89. The van der Waals surface area contributed by atoms with E-state index in [1.54, 1.807) is 0 Å². The molecule has 0 unspecified atom stereocenters. The Hall–Kier alpha value is -2.92. The van der Waals surface area contributed by atoms with Crippen molar-refractivity contribution >= 4 is 39.1 Å². The van der Waals surface area contributed by atoms with E-state index in [4.69, 9.17) is 23.2 Å². The third-order valence-electron chi connectivity index (χ3n) is 7.43. The second-order valence-electron chi connectivity index (χ2n) is 9.80. The van der Waals surface area contributed by atoms with Crippen LogP contribution in [0.4, 0.5) is 0 Å². The number of nitrogens with one attached hydrogen (secondary N) is 2. The Morgan fingerprint density at radius 2 is 1.92 bits per heavy atom. The van der Waals surface area contributed by atoms with E-state index >= 15 is 0 Å². The minimum absolute atomic E-state index is 0.0521. The number of benzene rings is 2. The molecule has 2 atom stereocenters. The van der Waals surface area contributed by atoms with E-state index in [0.29, 0.717) is 5.69 Å². The van der Waals surface area contributed by atoms with Crippen molar-refractivity contribution in [3.63, 3.8) is 0 Å². The van der Waals surface area contributed by atoms with Crippen molar-refractivity contribution in [3.8, 4) is 0 Å². The highest BCUT2D eigenvalue weighted by Crippen LogP contribution is 2.35. The molecule has 0 fully saturated rings. The summed E-state index contributed by atoms with van der Waals surface area (Å²) in [5.74, 6) is -0.450. The van der Waals surface area contributed by atoms with Crippen molar-refractivity contribution in [1.29, 1.82) is 0 Å². The van der Waals surface area contributed by atoms with Crippen LogP contribution in [0.5, 0.6) is 0 Å². The summed E-state index contributed by atoms with van der Waals surface area (Å²) in [7, 11) is -4.08. The fraction of sp³-hybridized carbons (Fsp3) is 0.346. The van der Waals surface area contributed by atoms with Crippen LogP contribution in [0.1, 0.15) is 46.8 Å². The first-order valence-corrected chi connectivity index (χ1v) is 14.7. The van der Waals surface area contributed by atoms with E-state index in [-0.39, 0.29) is 27.4 Å². The van der Waals surface area contributed by atoms with Crippen molar-refractivity contribution in [2.24, 2.45) is 0 Å². The normalized spacial score (nSPS) is 21.1. The minimum atomic E-state index is -4.08. The molecule has 0 saturated carbocycles. The molecule has 0 spiro atoms. The number of amides is 1. The van der Waals surface area contributed by atoms with Crippen LogP contribution in [0.2, 0.25) is 10.0 Å². The molecule has 0 radical (unpaired) electrons. The lowest BCUT2D eigenvalue weighted by Gasteiger charge is -2.31. The highest BCUT2D eigenvalue weighted by Gasteiger charge is 2.37. The summed E-state index contributed by atoms with van der Waals surface area (Å²) < 4.78 is 29.8. The Bertz CT molecular complexity index is 1550. The average molecular weight is 574 g/mol. The minimum Gasteiger partial charge on any atom is -0.329 e. The van der Waals surface area contributed by atoms with Gasteiger partial charge in [0, 0.05) is 31.6 Å². The maximum absolute atomic E-state index is 13.5. The molecule has 9 nitrogen and oxygen atoms in total. The number of hydrogen-bond acceptors (Lipinski definition) is 6. The van der Waals surface area contributed by atoms with Gasteiger partial charge in [-0.05, 0) is 72.7 Å². The molecule has 3 aliphatic rings. The van der Waals surface area contributed by atoms with E-state index in [2.05, 4.69) is 33.1 Å². The number of nitrogens with zero attached hydrogens (tertiary/aromatic N) is 4. The van der Waals surface area contributed by atoms with Crippen LogP contribution in [-0.4, -0.2) is 46.2 Å². The number of aromatic nitrogens is 3. The monoisotopic (exact) mass is 572 g/mol. The van der Waals surface area contributed by atoms with E-state index in [0.717, 1.165) is 43.1 Å². The van der Waals surface area contributed by atoms with Crippen LogP contribution in [0.3, 0.4) is 0 Å². The molecule has 198 valence electrons. The van der Waals surface area contributed by atoms with Gasteiger partial charge < -0.3 is 10.6 Å². The van der Waals surface area contributed by atoms with Gasteiger partial charge in [0.2, 0.25) is 5.91 Å².